The molecule has 2 nitrogen and oxygen atoms in total. The van der Waals surface area contributed by atoms with E-state index in [9.17, 15) is 4.79 Å². The molecule has 1 aromatic rings. The van der Waals surface area contributed by atoms with Crippen LogP contribution in [0.25, 0.3) is 5.57 Å². The van der Waals surface area contributed by atoms with Crippen LogP contribution in [0.4, 0.5) is 0 Å². The summed E-state index contributed by atoms with van der Waals surface area (Å²) in [5.41, 5.74) is 4.01. The molecule has 0 atom stereocenters. The first-order chi connectivity index (χ1) is 7.84. The minimum atomic E-state index is 0.00483. The van der Waals surface area contributed by atoms with Gasteiger partial charge in [0.05, 0.1) is 5.70 Å². The van der Waals surface area contributed by atoms with Crippen LogP contribution in [0.2, 0.25) is 0 Å². The number of carbonyl (C=O) groups excluding carboxylic acids is 1. The molecule has 3 rings (SSSR count). The largest absolute Gasteiger partial charge is 0.290 e. The zero-order chi connectivity index (χ0) is 11.0. The number of benzene rings is 1. The molecule has 76 valence electrons. The van der Waals surface area contributed by atoms with Crippen molar-refractivity contribution in [2.45, 2.75) is 0 Å². The number of fused-ring (bicyclic) bond motifs is 1. The molecule has 0 saturated carbocycles. The SMILES string of the molecule is O=C1C=CC2=C(c3ccccc3)C=NC2=C1. The topological polar surface area (TPSA) is 29.4 Å². The lowest BCUT2D eigenvalue weighted by atomic mass is 9.97. The second-order valence-electron chi connectivity index (χ2n) is 3.72. The molecule has 0 fully saturated rings. The molecule has 0 unspecified atom stereocenters. The third-order valence-corrected chi connectivity index (χ3v) is 2.68. The van der Waals surface area contributed by atoms with E-state index in [1.54, 1.807) is 12.2 Å². The van der Waals surface area contributed by atoms with Gasteiger partial charge in [-0.3, -0.25) is 9.79 Å². The standard InChI is InChI=1S/C14H9NO/c16-11-6-7-12-13(9-15-14(12)8-11)10-4-2-1-3-5-10/h1-9H. The molecule has 0 aromatic heterocycles. The quantitative estimate of drug-likeness (QED) is 0.695. The van der Waals surface area contributed by atoms with Crippen molar-refractivity contribution >= 4 is 17.6 Å². The fourth-order valence-corrected chi connectivity index (χ4v) is 1.90. The zero-order valence-corrected chi connectivity index (χ0v) is 8.55. The number of ketones is 1. The monoisotopic (exact) mass is 207 g/mol. The van der Waals surface area contributed by atoms with Crippen molar-refractivity contribution < 1.29 is 4.79 Å². The molecule has 2 heteroatoms. The highest BCUT2D eigenvalue weighted by atomic mass is 16.1. The van der Waals surface area contributed by atoms with Crippen molar-refractivity contribution in [3.63, 3.8) is 0 Å². The van der Waals surface area contributed by atoms with Crippen LogP contribution in [0, 0.1) is 0 Å². The molecule has 1 aliphatic carbocycles. The second-order valence-corrected chi connectivity index (χ2v) is 3.72. The van der Waals surface area contributed by atoms with Crippen molar-refractivity contribution in [1.82, 2.24) is 0 Å². The summed E-state index contributed by atoms with van der Waals surface area (Å²) in [5.74, 6) is 0.00483. The van der Waals surface area contributed by atoms with E-state index in [1.165, 1.54) is 0 Å². The van der Waals surface area contributed by atoms with Gasteiger partial charge in [-0.1, -0.05) is 30.3 Å². The van der Waals surface area contributed by atoms with Crippen LogP contribution in [-0.2, 0) is 4.79 Å². The van der Waals surface area contributed by atoms with E-state index in [1.807, 2.05) is 42.6 Å². The average molecular weight is 207 g/mol. The predicted molar refractivity (Wildman–Crippen MR) is 64.1 cm³/mol. The fourth-order valence-electron chi connectivity index (χ4n) is 1.90. The smallest absolute Gasteiger partial charge is 0.180 e. The van der Waals surface area contributed by atoms with Crippen molar-refractivity contribution in [3.05, 3.63) is 65.4 Å². The van der Waals surface area contributed by atoms with E-state index in [-0.39, 0.29) is 5.78 Å². The summed E-state index contributed by atoms with van der Waals surface area (Å²) in [4.78, 5) is 15.4. The molecule has 1 aromatic carbocycles. The first kappa shape index (κ1) is 9.04. The number of allylic oxidation sites excluding steroid dienone is 4. The number of carbonyl (C=O) groups is 1. The molecule has 1 aliphatic heterocycles. The van der Waals surface area contributed by atoms with Crippen LogP contribution in [0.15, 0.2) is 64.8 Å². The van der Waals surface area contributed by atoms with Gasteiger partial charge >= 0.3 is 0 Å². The van der Waals surface area contributed by atoms with Gasteiger partial charge in [-0.25, -0.2) is 0 Å². The summed E-state index contributed by atoms with van der Waals surface area (Å²) in [7, 11) is 0. The number of hydrogen-bond donors (Lipinski definition) is 0. The van der Waals surface area contributed by atoms with Crippen molar-refractivity contribution in [1.29, 1.82) is 0 Å². The molecular weight excluding hydrogens is 198 g/mol. The maximum atomic E-state index is 11.2. The van der Waals surface area contributed by atoms with Gasteiger partial charge in [0.2, 0.25) is 0 Å². The molecule has 0 radical (unpaired) electrons. The van der Waals surface area contributed by atoms with E-state index in [2.05, 4.69) is 4.99 Å². The first-order valence-electron chi connectivity index (χ1n) is 5.12. The van der Waals surface area contributed by atoms with Gasteiger partial charge in [-0.2, -0.15) is 0 Å². The minimum Gasteiger partial charge on any atom is -0.290 e. The van der Waals surface area contributed by atoms with Gasteiger partial charge in [0.15, 0.2) is 5.78 Å². The van der Waals surface area contributed by atoms with Crippen LogP contribution in [-0.4, -0.2) is 12.0 Å². The lowest BCUT2D eigenvalue weighted by Gasteiger charge is -2.05. The van der Waals surface area contributed by atoms with Crippen LogP contribution >= 0.6 is 0 Å². The Bertz CT molecular complexity index is 574. The number of nitrogens with zero attached hydrogens (tertiary/aromatic N) is 1. The van der Waals surface area contributed by atoms with Gasteiger partial charge in [0.25, 0.3) is 0 Å². The van der Waals surface area contributed by atoms with E-state index in [4.69, 9.17) is 0 Å². The van der Waals surface area contributed by atoms with E-state index >= 15 is 0 Å². The average Bonchev–Trinajstić information content (AvgIpc) is 2.73. The molecular formula is C14H9NO. The summed E-state index contributed by atoms with van der Waals surface area (Å²) >= 11 is 0. The molecule has 0 N–H and O–H groups in total. The zero-order valence-electron chi connectivity index (χ0n) is 8.55. The number of aliphatic imine (C=N–C) groups is 1. The Kier molecular flexibility index (Phi) is 1.93. The van der Waals surface area contributed by atoms with Gasteiger partial charge in [-0.15, -0.1) is 0 Å². The van der Waals surface area contributed by atoms with Crippen molar-refractivity contribution in [3.8, 4) is 0 Å². The Hall–Kier alpha value is -2.22. The Morgan fingerprint density at radius 2 is 1.75 bits per heavy atom. The molecule has 0 bridgehead atoms. The minimum absolute atomic E-state index is 0.00483. The summed E-state index contributed by atoms with van der Waals surface area (Å²) in [5, 5.41) is 0. The Balaban J connectivity index is 2.14. The van der Waals surface area contributed by atoms with Crippen LogP contribution in [0.1, 0.15) is 5.56 Å². The highest BCUT2D eigenvalue weighted by Crippen LogP contribution is 2.31. The molecule has 0 spiro atoms. The van der Waals surface area contributed by atoms with Crippen LogP contribution in [0.3, 0.4) is 0 Å². The Morgan fingerprint density at radius 3 is 2.56 bits per heavy atom. The molecule has 2 aliphatic rings. The van der Waals surface area contributed by atoms with Gasteiger partial charge in [-0.05, 0) is 17.7 Å². The number of hydrogen-bond acceptors (Lipinski definition) is 2. The predicted octanol–water partition coefficient (Wildman–Crippen LogP) is 2.55. The van der Waals surface area contributed by atoms with Crippen LogP contribution in [0.5, 0.6) is 0 Å². The highest BCUT2D eigenvalue weighted by Gasteiger charge is 2.18. The lowest BCUT2D eigenvalue weighted by Crippen LogP contribution is -1.96. The normalized spacial score (nSPS) is 17.8. The molecule has 0 saturated heterocycles. The van der Waals surface area contributed by atoms with Crippen LogP contribution < -0.4 is 0 Å². The Labute approximate surface area is 93.3 Å². The lowest BCUT2D eigenvalue weighted by molar-refractivity contribution is -0.110. The van der Waals surface area contributed by atoms with E-state index in [0.717, 1.165) is 22.4 Å². The first-order valence-corrected chi connectivity index (χ1v) is 5.12. The third-order valence-electron chi connectivity index (χ3n) is 2.68. The maximum Gasteiger partial charge on any atom is 0.180 e. The molecule has 1 heterocycles. The summed E-state index contributed by atoms with van der Waals surface area (Å²) in [6.45, 7) is 0. The second kappa shape index (κ2) is 3.42. The van der Waals surface area contributed by atoms with Gasteiger partial charge in [0, 0.05) is 23.4 Å². The number of rotatable bonds is 1. The third kappa shape index (κ3) is 1.36. The summed E-state index contributed by atoms with van der Waals surface area (Å²) < 4.78 is 0. The molecule has 0 amide bonds. The fraction of sp³-hybridized carbons (Fsp3) is 0. The Morgan fingerprint density at radius 1 is 0.938 bits per heavy atom. The van der Waals surface area contributed by atoms with Crippen molar-refractivity contribution in [2.75, 3.05) is 0 Å². The summed E-state index contributed by atoms with van der Waals surface area (Å²) in [6, 6.07) is 10.1. The summed E-state index contributed by atoms with van der Waals surface area (Å²) in [6.07, 6.45) is 6.81. The van der Waals surface area contributed by atoms with Gasteiger partial charge < -0.3 is 0 Å². The maximum absolute atomic E-state index is 11.2. The van der Waals surface area contributed by atoms with Gasteiger partial charge in [0.1, 0.15) is 0 Å². The van der Waals surface area contributed by atoms with E-state index < -0.39 is 0 Å². The highest BCUT2D eigenvalue weighted by molar-refractivity contribution is 6.18. The molecule has 16 heavy (non-hydrogen) atoms. The van der Waals surface area contributed by atoms with E-state index in [0.29, 0.717) is 0 Å². The van der Waals surface area contributed by atoms with Crippen molar-refractivity contribution in [2.24, 2.45) is 4.99 Å².